The van der Waals surface area contributed by atoms with Crippen molar-refractivity contribution >= 4 is 15.9 Å². The van der Waals surface area contributed by atoms with Crippen LogP contribution in [0.4, 0.5) is 0 Å². The van der Waals surface area contributed by atoms with E-state index in [0.29, 0.717) is 0 Å². The Morgan fingerprint density at radius 2 is 2.20 bits per heavy atom. The van der Waals surface area contributed by atoms with Crippen LogP contribution in [0.25, 0.3) is 0 Å². The standard InChI is InChI=1S/C9H15Br/c1-3-9(2)7-5-4-6-8-10/h4-5H,2-3,6-8H2,1H3. The smallest absolute Gasteiger partial charge is 0.00659 e. The van der Waals surface area contributed by atoms with Crippen LogP contribution >= 0.6 is 15.9 Å². The van der Waals surface area contributed by atoms with Gasteiger partial charge in [0.25, 0.3) is 0 Å². The van der Waals surface area contributed by atoms with Crippen LogP contribution in [0.15, 0.2) is 24.3 Å². The molecule has 0 aromatic rings. The number of hydrogen-bond donors (Lipinski definition) is 0. The van der Waals surface area contributed by atoms with Crippen molar-refractivity contribution in [2.75, 3.05) is 5.33 Å². The van der Waals surface area contributed by atoms with Crippen LogP contribution in [-0.4, -0.2) is 5.33 Å². The van der Waals surface area contributed by atoms with E-state index in [1.165, 1.54) is 5.57 Å². The van der Waals surface area contributed by atoms with Crippen LogP contribution in [0.3, 0.4) is 0 Å². The predicted octanol–water partition coefficient (Wildman–Crippen LogP) is 3.68. The minimum atomic E-state index is 1.05. The molecule has 0 amide bonds. The van der Waals surface area contributed by atoms with Gasteiger partial charge in [0.2, 0.25) is 0 Å². The van der Waals surface area contributed by atoms with E-state index in [9.17, 15) is 0 Å². The maximum atomic E-state index is 3.91. The third-order valence-electron chi connectivity index (χ3n) is 1.35. The van der Waals surface area contributed by atoms with E-state index in [1.54, 1.807) is 0 Å². The SMILES string of the molecule is C=C(CC)CC=CCCBr. The first-order chi connectivity index (χ1) is 4.81. The number of allylic oxidation sites excluding steroid dienone is 3. The molecule has 58 valence electrons. The van der Waals surface area contributed by atoms with E-state index in [-0.39, 0.29) is 0 Å². The third kappa shape index (κ3) is 6.09. The van der Waals surface area contributed by atoms with Gasteiger partial charge in [-0.25, -0.2) is 0 Å². The molecule has 0 rings (SSSR count). The van der Waals surface area contributed by atoms with Crippen molar-refractivity contribution in [3.8, 4) is 0 Å². The fourth-order valence-corrected chi connectivity index (χ4v) is 0.840. The quantitative estimate of drug-likeness (QED) is 0.472. The summed E-state index contributed by atoms with van der Waals surface area (Å²) in [5.74, 6) is 0. The molecule has 0 aromatic heterocycles. The van der Waals surface area contributed by atoms with E-state index in [0.717, 1.165) is 24.6 Å². The summed E-state index contributed by atoms with van der Waals surface area (Å²) < 4.78 is 0. The zero-order valence-corrected chi connectivity index (χ0v) is 8.15. The molecule has 0 heterocycles. The van der Waals surface area contributed by atoms with E-state index in [1.807, 2.05) is 0 Å². The third-order valence-corrected chi connectivity index (χ3v) is 1.81. The van der Waals surface area contributed by atoms with Gasteiger partial charge in [0.15, 0.2) is 0 Å². The van der Waals surface area contributed by atoms with Crippen molar-refractivity contribution in [2.45, 2.75) is 26.2 Å². The average Bonchev–Trinajstić information content (AvgIpc) is 1.98. The van der Waals surface area contributed by atoms with E-state index in [4.69, 9.17) is 0 Å². The Balaban J connectivity index is 3.25. The maximum absolute atomic E-state index is 3.91. The molecule has 0 bridgehead atoms. The summed E-state index contributed by atoms with van der Waals surface area (Å²) in [6.45, 7) is 6.05. The van der Waals surface area contributed by atoms with Gasteiger partial charge < -0.3 is 0 Å². The first-order valence-corrected chi connectivity index (χ1v) is 4.81. The van der Waals surface area contributed by atoms with Gasteiger partial charge in [-0.2, -0.15) is 0 Å². The second-order valence-corrected chi connectivity index (χ2v) is 3.05. The summed E-state index contributed by atoms with van der Waals surface area (Å²) in [5, 5.41) is 1.06. The molecule has 0 aromatic carbocycles. The van der Waals surface area contributed by atoms with Gasteiger partial charge >= 0.3 is 0 Å². The Morgan fingerprint density at radius 1 is 1.50 bits per heavy atom. The summed E-state index contributed by atoms with van der Waals surface area (Å²) in [7, 11) is 0. The highest BCUT2D eigenvalue weighted by Gasteiger charge is 1.83. The lowest BCUT2D eigenvalue weighted by Crippen LogP contribution is -1.73. The molecule has 0 radical (unpaired) electrons. The van der Waals surface area contributed by atoms with Crippen LogP contribution in [0.2, 0.25) is 0 Å². The minimum absolute atomic E-state index is 1.05. The van der Waals surface area contributed by atoms with Crippen LogP contribution in [-0.2, 0) is 0 Å². The number of hydrogen-bond acceptors (Lipinski definition) is 0. The summed E-state index contributed by atoms with van der Waals surface area (Å²) >= 11 is 3.36. The molecule has 0 spiro atoms. The predicted molar refractivity (Wildman–Crippen MR) is 51.6 cm³/mol. The monoisotopic (exact) mass is 202 g/mol. The van der Waals surface area contributed by atoms with Crippen molar-refractivity contribution in [1.82, 2.24) is 0 Å². The zero-order chi connectivity index (χ0) is 7.82. The first-order valence-electron chi connectivity index (χ1n) is 3.68. The van der Waals surface area contributed by atoms with E-state index >= 15 is 0 Å². The molecule has 0 fully saturated rings. The van der Waals surface area contributed by atoms with Crippen LogP contribution in [0.5, 0.6) is 0 Å². The summed E-state index contributed by atoms with van der Waals surface area (Å²) in [4.78, 5) is 0. The lowest BCUT2D eigenvalue weighted by Gasteiger charge is -1.93. The van der Waals surface area contributed by atoms with Gasteiger partial charge in [-0.1, -0.05) is 47.2 Å². The van der Waals surface area contributed by atoms with Crippen molar-refractivity contribution in [1.29, 1.82) is 0 Å². The second-order valence-electron chi connectivity index (χ2n) is 2.26. The van der Waals surface area contributed by atoms with E-state index < -0.39 is 0 Å². The summed E-state index contributed by atoms with van der Waals surface area (Å²) in [6.07, 6.45) is 7.64. The molecule has 0 saturated carbocycles. The van der Waals surface area contributed by atoms with Gasteiger partial charge in [0, 0.05) is 5.33 Å². The molecule has 0 unspecified atom stereocenters. The number of rotatable bonds is 5. The lowest BCUT2D eigenvalue weighted by molar-refractivity contribution is 1.03. The van der Waals surface area contributed by atoms with Crippen LogP contribution in [0.1, 0.15) is 26.2 Å². The lowest BCUT2D eigenvalue weighted by atomic mass is 10.1. The molecule has 0 saturated heterocycles. The Hall–Kier alpha value is -0.0400. The van der Waals surface area contributed by atoms with Crippen molar-refractivity contribution in [3.05, 3.63) is 24.3 Å². The molecule has 1 heteroatoms. The fraction of sp³-hybridized carbons (Fsp3) is 0.556. The van der Waals surface area contributed by atoms with Crippen molar-refractivity contribution < 1.29 is 0 Å². The largest absolute Gasteiger partial charge is 0.0996 e. The Morgan fingerprint density at radius 3 is 2.70 bits per heavy atom. The Kier molecular flexibility index (Phi) is 7.04. The van der Waals surface area contributed by atoms with Gasteiger partial charge in [-0.3, -0.25) is 0 Å². The average molecular weight is 203 g/mol. The molecule has 0 N–H and O–H groups in total. The molecular weight excluding hydrogens is 188 g/mol. The highest BCUT2D eigenvalue weighted by Crippen LogP contribution is 2.03. The molecule has 0 aliphatic rings. The van der Waals surface area contributed by atoms with E-state index in [2.05, 4.69) is 41.6 Å². The highest BCUT2D eigenvalue weighted by atomic mass is 79.9. The van der Waals surface area contributed by atoms with Gasteiger partial charge in [-0.15, -0.1) is 0 Å². The molecule has 0 nitrogen and oxygen atoms in total. The minimum Gasteiger partial charge on any atom is -0.0996 e. The van der Waals surface area contributed by atoms with Crippen LogP contribution < -0.4 is 0 Å². The van der Waals surface area contributed by atoms with Crippen molar-refractivity contribution in [3.63, 3.8) is 0 Å². The van der Waals surface area contributed by atoms with Crippen LogP contribution in [0, 0.1) is 0 Å². The molecule has 0 aliphatic heterocycles. The molecule has 0 aliphatic carbocycles. The Bertz CT molecular complexity index is 114. The summed E-state index contributed by atoms with van der Waals surface area (Å²) in [5.41, 5.74) is 1.31. The summed E-state index contributed by atoms with van der Waals surface area (Å²) in [6, 6.07) is 0. The fourth-order valence-electron chi connectivity index (χ4n) is 0.575. The highest BCUT2D eigenvalue weighted by molar-refractivity contribution is 9.09. The van der Waals surface area contributed by atoms with Gasteiger partial charge in [-0.05, 0) is 19.3 Å². The zero-order valence-electron chi connectivity index (χ0n) is 6.57. The molecular formula is C9H15Br. The Labute approximate surface area is 72.1 Å². The molecule has 10 heavy (non-hydrogen) atoms. The van der Waals surface area contributed by atoms with Crippen molar-refractivity contribution in [2.24, 2.45) is 0 Å². The maximum Gasteiger partial charge on any atom is 0.00659 e. The number of alkyl halides is 1. The first kappa shape index (κ1) is 9.96. The molecule has 0 atom stereocenters. The normalized spacial score (nSPS) is 10.6. The van der Waals surface area contributed by atoms with Gasteiger partial charge in [0.1, 0.15) is 0 Å². The number of halogens is 1. The second kappa shape index (κ2) is 7.07. The van der Waals surface area contributed by atoms with Gasteiger partial charge in [0.05, 0.1) is 0 Å². The topological polar surface area (TPSA) is 0 Å².